The van der Waals surface area contributed by atoms with Gasteiger partial charge in [0.2, 0.25) is 17.0 Å². The molecule has 1 aliphatic heterocycles. The molecule has 0 unspecified atom stereocenters. The van der Waals surface area contributed by atoms with Crippen LogP contribution in [0.1, 0.15) is 41.6 Å². The maximum absolute atomic E-state index is 13.6. The van der Waals surface area contributed by atoms with Gasteiger partial charge in [-0.3, -0.25) is 9.59 Å². The van der Waals surface area contributed by atoms with Gasteiger partial charge in [-0.1, -0.05) is 17.3 Å². The molecule has 1 fully saturated rings. The van der Waals surface area contributed by atoms with E-state index in [1.54, 1.807) is 24.8 Å². The molecule has 2 heterocycles. The summed E-state index contributed by atoms with van der Waals surface area (Å²) in [5.74, 6) is -0.420. The summed E-state index contributed by atoms with van der Waals surface area (Å²) in [6.07, 6.45) is 2.05. The van der Waals surface area contributed by atoms with Crippen LogP contribution in [-0.2, 0) is 22.6 Å². The number of nitrogens with zero attached hydrogens (tertiary/aromatic N) is 2. The molecule has 0 aliphatic carbocycles. The molecule has 0 saturated carbocycles. The van der Waals surface area contributed by atoms with E-state index in [-0.39, 0.29) is 28.8 Å². The first-order valence-corrected chi connectivity index (χ1v) is 10.1. The van der Waals surface area contributed by atoms with Crippen LogP contribution in [0.3, 0.4) is 0 Å². The number of carbonyl (C=O) groups excluding carboxylic acids is 2. The minimum atomic E-state index is -0.272. The average molecular weight is 422 g/mol. The van der Waals surface area contributed by atoms with Gasteiger partial charge in [-0.2, -0.15) is 0 Å². The van der Waals surface area contributed by atoms with E-state index in [2.05, 4.69) is 10.5 Å². The Bertz CT molecular complexity index is 872. The number of nitrogens with one attached hydrogen (secondary N) is 1. The molecular weight excluding hydrogens is 397 g/mol. The molecule has 0 radical (unpaired) electrons. The summed E-state index contributed by atoms with van der Waals surface area (Å²) in [6, 6.07) is 4.96. The maximum atomic E-state index is 13.6. The normalized spacial score (nSPS) is 14.8. The van der Waals surface area contributed by atoms with Gasteiger partial charge in [0.25, 0.3) is 0 Å². The number of amides is 2. The molecule has 1 aromatic heterocycles. The third-order valence-corrected chi connectivity index (χ3v) is 5.74. The Morgan fingerprint density at radius 3 is 2.66 bits per heavy atom. The Hall–Kier alpha value is -2.41. The van der Waals surface area contributed by atoms with Crippen molar-refractivity contribution in [1.82, 2.24) is 15.4 Å². The van der Waals surface area contributed by atoms with Crippen molar-refractivity contribution in [3.05, 3.63) is 51.6 Å². The van der Waals surface area contributed by atoms with Gasteiger partial charge in [0.05, 0.1) is 5.69 Å². The number of benzene rings is 1. The van der Waals surface area contributed by atoms with E-state index in [1.807, 2.05) is 6.07 Å². The van der Waals surface area contributed by atoms with Crippen LogP contribution < -0.4 is 5.32 Å². The quantitative estimate of drug-likeness (QED) is 0.773. The first kappa shape index (κ1) is 21.3. The number of carbonyl (C=O) groups is 2. The molecule has 2 amide bonds. The highest BCUT2D eigenvalue weighted by Gasteiger charge is 2.27. The van der Waals surface area contributed by atoms with E-state index in [4.69, 9.17) is 16.1 Å². The summed E-state index contributed by atoms with van der Waals surface area (Å²) in [6.45, 7) is 4.89. The number of rotatable bonds is 6. The monoisotopic (exact) mass is 421 g/mol. The second-order valence-corrected chi connectivity index (χ2v) is 7.82. The summed E-state index contributed by atoms with van der Waals surface area (Å²) in [5.41, 5.74) is 2.78. The van der Waals surface area contributed by atoms with E-state index >= 15 is 0 Å². The molecule has 1 aromatic carbocycles. The van der Waals surface area contributed by atoms with Gasteiger partial charge in [0.15, 0.2) is 0 Å². The summed E-state index contributed by atoms with van der Waals surface area (Å²) >= 11 is 5.94. The summed E-state index contributed by atoms with van der Waals surface area (Å²) in [7, 11) is 0. The van der Waals surface area contributed by atoms with Gasteiger partial charge >= 0.3 is 0 Å². The van der Waals surface area contributed by atoms with Gasteiger partial charge < -0.3 is 14.7 Å². The lowest BCUT2D eigenvalue weighted by Gasteiger charge is -2.31. The SMILES string of the molecule is Cc1ccc(CNC(=O)C2CCN(C(=O)CCc3c(C)noc3Cl)CC2)cc1F. The smallest absolute Gasteiger partial charge is 0.229 e. The van der Waals surface area contributed by atoms with E-state index in [0.29, 0.717) is 56.6 Å². The summed E-state index contributed by atoms with van der Waals surface area (Å²) in [4.78, 5) is 26.7. The zero-order chi connectivity index (χ0) is 21.0. The van der Waals surface area contributed by atoms with E-state index in [9.17, 15) is 14.0 Å². The largest absolute Gasteiger partial charge is 0.352 e. The van der Waals surface area contributed by atoms with E-state index < -0.39 is 0 Å². The maximum Gasteiger partial charge on any atom is 0.229 e. The van der Waals surface area contributed by atoms with Gasteiger partial charge in [0, 0.05) is 37.5 Å². The number of hydrogen-bond donors (Lipinski definition) is 1. The van der Waals surface area contributed by atoms with Crippen molar-refractivity contribution in [2.24, 2.45) is 5.92 Å². The Morgan fingerprint density at radius 1 is 1.31 bits per heavy atom. The van der Waals surface area contributed by atoms with Crippen molar-refractivity contribution in [3.63, 3.8) is 0 Å². The number of aryl methyl sites for hydroxylation is 2. The van der Waals surface area contributed by atoms with Crippen LogP contribution in [0.15, 0.2) is 22.7 Å². The molecule has 29 heavy (non-hydrogen) atoms. The standard InChI is InChI=1S/C21H25ClFN3O3/c1-13-3-4-15(11-18(13)23)12-24-21(28)16-7-9-26(10-8-16)19(27)6-5-17-14(2)25-29-20(17)22/h3-4,11,16H,5-10,12H2,1-2H3,(H,24,28). The number of halogens is 2. The highest BCUT2D eigenvalue weighted by molar-refractivity contribution is 6.29. The molecule has 0 bridgehead atoms. The van der Waals surface area contributed by atoms with Crippen LogP contribution in [0.5, 0.6) is 0 Å². The summed E-state index contributed by atoms with van der Waals surface area (Å²) in [5, 5.41) is 6.90. The van der Waals surface area contributed by atoms with Crippen molar-refractivity contribution in [2.45, 2.75) is 46.1 Å². The second kappa shape index (κ2) is 9.39. The molecular formula is C21H25ClFN3O3. The molecule has 1 aliphatic rings. The first-order chi connectivity index (χ1) is 13.8. The Balaban J connectivity index is 1.42. The molecule has 156 valence electrons. The van der Waals surface area contributed by atoms with Crippen LogP contribution >= 0.6 is 11.6 Å². The lowest BCUT2D eigenvalue weighted by molar-refractivity contribution is -0.135. The third-order valence-electron chi connectivity index (χ3n) is 5.45. The highest BCUT2D eigenvalue weighted by Crippen LogP contribution is 2.22. The zero-order valence-electron chi connectivity index (χ0n) is 16.6. The van der Waals surface area contributed by atoms with Gasteiger partial charge in [-0.15, -0.1) is 0 Å². The Labute approximate surface area is 174 Å². The molecule has 1 saturated heterocycles. The van der Waals surface area contributed by atoms with Gasteiger partial charge in [0.1, 0.15) is 5.82 Å². The number of aromatic nitrogens is 1. The van der Waals surface area contributed by atoms with Gasteiger partial charge in [-0.05, 0) is 61.9 Å². The van der Waals surface area contributed by atoms with Crippen molar-refractivity contribution in [1.29, 1.82) is 0 Å². The second-order valence-electron chi connectivity index (χ2n) is 7.48. The zero-order valence-corrected chi connectivity index (χ0v) is 17.4. The Morgan fingerprint density at radius 2 is 2.03 bits per heavy atom. The third kappa shape index (κ3) is 5.35. The average Bonchev–Trinajstić information content (AvgIpc) is 3.04. The fourth-order valence-electron chi connectivity index (χ4n) is 3.50. The van der Waals surface area contributed by atoms with Crippen LogP contribution in [-0.4, -0.2) is 35.0 Å². The minimum absolute atomic E-state index is 0.0376. The predicted octanol–water partition coefficient (Wildman–Crippen LogP) is 3.57. The van der Waals surface area contributed by atoms with E-state index in [0.717, 1.165) is 11.1 Å². The summed E-state index contributed by atoms with van der Waals surface area (Å²) < 4.78 is 18.5. The van der Waals surface area contributed by atoms with Crippen LogP contribution in [0.4, 0.5) is 4.39 Å². The number of likely N-dealkylation sites (tertiary alicyclic amines) is 1. The van der Waals surface area contributed by atoms with E-state index in [1.165, 1.54) is 6.07 Å². The van der Waals surface area contributed by atoms with Crippen molar-refractivity contribution < 1.29 is 18.5 Å². The Kier molecular flexibility index (Phi) is 6.90. The van der Waals surface area contributed by atoms with Crippen molar-refractivity contribution in [3.8, 4) is 0 Å². The fourth-order valence-corrected chi connectivity index (χ4v) is 3.77. The van der Waals surface area contributed by atoms with Crippen molar-refractivity contribution >= 4 is 23.4 Å². The lowest BCUT2D eigenvalue weighted by Crippen LogP contribution is -2.43. The fraction of sp³-hybridized carbons (Fsp3) is 0.476. The topological polar surface area (TPSA) is 75.4 Å². The number of hydrogen-bond acceptors (Lipinski definition) is 4. The molecule has 6 nitrogen and oxygen atoms in total. The predicted molar refractivity (Wildman–Crippen MR) is 107 cm³/mol. The minimum Gasteiger partial charge on any atom is -0.352 e. The molecule has 0 spiro atoms. The number of piperidine rings is 1. The highest BCUT2D eigenvalue weighted by atomic mass is 35.5. The van der Waals surface area contributed by atoms with Crippen molar-refractivity contribution in [2.75, 3.05) is 13.1 Å². The van der Waals surface area contributed by atoms with Crippen LogP contribution in [0.25, 0.3) is 0 Å². The molecule has 2 aromatic rings. The van der Waals surface area contributed by atoms with Crippen LogP contribution in [0, 0.1) is 25.6 Å². The van der Waals surface area contributed by atoms with Gasteiger partial charge in [-0.25, -0.2) is 4.39 Å². The first-order valence-electron chi connectivity index (χ1n) is 9.76. The molecule has 0 atom stereocenters. The molecule has 8 heteroatoms. The molecule has 3 rings (SSSR count). The lowest BCUT2D eigenvalue weighted by atomic mass is 9.95. The van der Waals surface area contributed by atoms with Crippen LogP contribution in [0.2, 0.25) is 5.22 Å². The molecule has 1 N–H and O–H groups in total.